The number of aromatic nitrogens is 2. The Balaban J connectivity index is 2.24. The molecule has 1 N–H and O–H groups in total. The molecule has 1 atom stereocenters. The Morgan fingerprint density at radius 3 is 2.76 bits per heavy atom. The second-order valence-electron chi connectivity index (χ2n) is 5.01. The van der Waals surface area contributed by atoms with E-state index < -0.39 is 18.0 Å². The van der Waals surface area contributed by atoms with Crippen LogP contribution in [0.1, 0.15) is 35.9 Å². The molecule has 1 heterocycles. The minimum absolute atomic E-state index is 0.112. The standard InChI is InChI=1S/C14H12BrF3N2O/c15-8-3-1-4-9(7-8)20-12-10(5-2-6-11(12)21)13(19-20)14(16,17)18/h1,3-4,7,11,21H,2,5-6H2. The van der Waals surface area contributed by atoms with E-state index in [9.17, 15) is 18.3 Å². The molecule has 3 rings (SSSR count). The lowest BCUT2D eigenvalue weighted by molar-refractivity contribution is -0.142. The zero-order valence-corrected chi connectivity index (χ0v) is 12.4. The van der Waals surface area contributed by atoms with Crippen molar-refractivity contribution in [3.63, 3.8) is 0 Å². The van der Waals surface area contributed by atoms with Gasteiger partial charge < -0.3 is 5.11 Å². The van der Waals surface area contributed by atoms with Crippen LogP contribution in [0.3, 0.4) is 0 Å². The van der Waals surface area contributed by atoms with Crippen molar-refractivity contribution < 1.29 is 18.3 Å². The highest BCUT2D eigenvalue weighted by atomic mass is 79.9. The predicted octanol–water partition coefficient (Wildman–Crippen LogP) is 4.02. The number of aliphatic hydroxyl groups is 1. The minimum atomic E-state index is -4.52. The molecule has 7 heteroatoms. The highest BCUT2D eigenvalue weighted by molar-refractivity contribution is 9.10. The van der Waals surface area contributed by atoms with Gasteiger partial charge in [-0.3, -0.25) is 0 Å². The van der Waals surface area contributed by atoms with Crippen molar-refractivity contribution in [1.29, 1.82) is 0 Å². The Labute approximate surface area is 127 Å². The van der Waals surface area contributed by atoms with Crippen molar-refractivity contribution in [2.45, 2.75) is 31.5 Å². The maximum absolute atomic E-state index is 13.1. The van der Waals surface area contributed by atoms with Crippen LogP contribution in [-0.4, -0.2) is 14.9 Å². The van der Waals surface area contributed by atoms with Gasteiger partial charge >= 0.3 is 6.18 Å². The molecule has 0 saturated heterocycles. The van der Waals surface area contributed by atoms with Gasteiger partial charge in [0.2, 0.25) is 0 Å². The molecule has 0 saturated carbocycles. The SMILES string of the molecule is OC1CCCc2c(C(F)(F)F)nn(-c3cccc(Br)c3)c21. The number of fused-ring (bicyclic) bond motifs is 1. The van der Waals surface area contributed by atoms with Gasteiger partial charge in [-0.2, -0.15) is 18.3 Å². The van der Waals surface area contributed by atoms with Crippen molar-refractivity contribution in [1.82, 2.24) is 9.78 Å². The fraction of sp³-hybridized carbons (Fsp3) is 0.357. The lowest BCUT2D eigenvalue weighted by atomic mass is 9.93. The van der Waals surface area contributed by atoms with Gasteiger partial charge in [-0.15, -0.1) is 0 Å². The largest absolute Gasteiger partial charge is 0.435 e. The van der Waals surface area contributed by atoms with E-state index in [-0.39, 0.29) is 17.7 Å². The molecule has 0 spiro atoms. The molecule has 21 heavy (non-hydrogen) atoms. The molecule has 1 aromatic carbocycles. The average molecular weight is 361 g/mol. The van der Waals surface area contributed by atoms with Crippen molar-refractivity contribution >= 4 is 15.9 Å². The van der Waals surface area contributed by atoms with Gasteiger partial charge in [0.25, 0.3) is 0 Å². The molecule has 0 bridgehead atoms. The van der Waals surface area contributed by atoms with E-state index >= 15 is 0 Å². The van der Waals surface area contributed by atoms with E-state index in [4.69, 9.17) is 0 Å². The molecule has 1 aliphatic rings. The fourth-order valence-electron chi connectivity index (χ4n) is 2.69. The van der Waals surface area contributed by atoms with Gasteiger partial charge in [-0.1, -0.05) is 22.0 Å². The first-order valence-corrected chi connectivity index (χ1v) is 7.30. The minimum Gasteiger partial charge on any atom is -0.387 e. The van der Waals surface area contributed by atoms with Gasteiger partial charge in [-0.05, 0) is 37.5 Å². The summed E-state index contributed by atoms with van der Waals surface area (Å²) in [5, 5.41) is 13.8. The van der Waals surface area contributed by atoms with Crippen LogP contribution >= 0.6 is 15.9 Å². The number of rotatable bonds is 1. The lowest BCUT2D eigenvalue weighted by Gasteiger charge is -2.20. The van der Waals surface area contributed by atoms with Crippen molar-refractivity contribution in [2.75, 3.05) is 0 Å². The maximum atomic E-state index is 13.1. The Morgan fingerprint density at radius 2 is 2.10 bits per heavy atom. The van der Waals surface area contributed by atoms with Gasteiger partial charge in [0.15, 0.2) is 5.69 Å². The summed E-state index contributed by atoms with van der Waals surface area (Å²) in [6, 6.07) is 6.84. The van der Waals surface area contributed by atoms with Crippen LogP contribution in [0.4, 0.5) is 13.2 Å². The average Bonchev–Trinajstić information content (AvgIpc) is 2.79. The second-order valence-corrected chi connectivity index (χ2v) is 5.93. The number of halogens is 4. The zero-order chi connectivity index (χ0) is 15.2. The van der Waals surface area contributed by atoms with Crippen LogP contribution in [0.15, 0.2) is 28.7 Å². The number of nitrogens with zero attached hydrogens (tertiary/aromatic N) is 2. The topological polar surface area (TPSA) is 38.1 Å². The van der Waals surface area contributed by atoms with Crippen molar-refractivity contribution in [3.05, 3.63) is 45.7 Å². The Hall–Kier alpha value is -1.34. The van der Waals surface area contributed by atoms with E-state index in [0.717, 1.165) is 4.47 Å². The highest BCUT2D eigenvalue weighted by Gasteiger charge is 2.41. The summed E-state index contributed by atoms with van der Waals surface area (Å²) < 4.78 is 41.4. The van der Waals surface area contributed by atoms with E-state index in [2.05, 4.69) is 21.0 Å². The van der Waals surface area contributed by atoms with Crippen LogP contribution in [0.25, 0.3) is 5.69 Å². The molecular weight excluding hydrogens is 349 g/mol. The molecule has 1 aromatic heterocycles. The Kier molecular flexibility index (Phi) is 3.57. The number of aliphatic hydroxyl groups excluding tert-OH is 1. The van der Waals surface area contributed by atoms with E-state index in [1.807, 2.05) is 0 Å². The summed E-state index contributed by atoms with van der Waals surface area (Å²) >= 11 is 3.29. The molecule has 2 aromatic rings. The molecule has 1 aliphatic carbocycles. The quantitative estimate of drug-likeness (QED) is 0.833. The molecule has 0 fully saturated rings. The van der Waals surface area contributed by atoms with Gasteiger partial charge in [0.1, 0.15) is 0 Å². The van der Waals surface area contributed by atoms with E-state index in [1.54, 1.807) is 24.3 Å². The first kappa shape index (κ1) is 14.6. The fourth-order valence-corrected chi connectivity index (χ4v) is 3.08. The summed E-state index contributed by atoms with van der Waals surface area (Å²) in [6.45, 7) is 0. The molecule has 1 unspecified atom stereocenters. The first-order valence-electron chi connectivity index (χ1n) is 6.51. The maximum Gasteiger partial charge on any atom is 0.435 e. The van der Waals surface area contributed by atoms with E-state index in [1.165, 1.54) is 4.68 Å². The van der Waals surface area contributed by atoms with Crippen LogP contribution in [0.2, 0.25) is 0 Å². The van der Waals surface area contributed by atoms with Crippen LogP contribution < -0.4 is 0 Å². The van der Waals surface area contributed by atoms with Crippen LogP contribution in [0, 0.1) is 0 Å². The van der Waals surface area contributed by atoms with Gasteiger partial charge in [0.05, 0.1) is 17.5 Å². The predicted molar refractivity (Wildman–Crippen MR) is 74.2 cm³/mol. The Morgan fingerprint density at radius 1 is 1.33 bits per heavy atom. The summed E-state index contributed by atoms with van der Waals surface area (Å²) in [5.74, 6) is 0. The van der Waals surface area contributed by atoms with Gasteiger partial charge in [0, 0.05) is 10.0 Å². The highest BCUT2D eigenvalue weighted by Crippen LogP contribution is 2.40. The summed E-state index contributed by atoms with van der Waals surface area (Å²) in [7, 11) is 0. The molecule has 3 nitrogen and oxygen atoms in total. The summed E-state index contributed by atoms with van der Waals surface area (Å²) in [4.78, 5) is 0. The van der Waals surface area contributed by atoms with Crippen LogP contribution in [0.5, 0.6) is 0 Å². The van der Waals surface area contributed by atoms with Crippen LogP contribution in [-0.2, 0) is 12.6 Å². The molecule has 0 radical (unpaired) electrons. The number of benzene rings is 1. The summed E-state index contributed by atoms with van der Waals surface area (Å²) in [6.07, 6.45) is -4.17. The Bertz CT molecular complexity index is 681. The molecule has 0 aliphatic heterocycles. The van der Waals surface area contributed by atoms with Crippen molar-refractivity contribution in [3.8, 4) is 5.69 Å². The molecular formula is C14H12BrF3N2O. The van der Waals surface area contributed by atoms with E-state index in [0.29, 0.717) is 18.5 Å². The zero-order valence-electron chi connectivity index (χ0n) is 10.9. The third kappa shape index (κ3) is 2.60. The number of hydrogen-bond acceptors (Lipinski definition) is 2. The second kappa shape index (κ2) is 5.14. The molecule has 0 amide bonds. The monoisotopic (exact) mass is 360 g/mol. The third-order valence-corrected chi connectivity index (χ3v) is 4.06. The van der Waals surface area contributed by atoms with Crippen molar-refractivity contribution in [2.24, 2.45) is 0 Å². The third-order valence-electron chi connectivity index (χ3n) is 3.56. The lowest BCUT2D eigenvalue weighted by Crippen LogP contribution is -2.14. The van der Waals surface area contributed by atoms with Gasteiger partial charge in [-0.25, -0.2) is 4.68 Å². The smallest absolute Gasteiger partial charge is 0.387 e. The first-order chi connectivity index (χ1) is 9.88. The number of alkyl halides is 3. The normalized spacial score (nSPS) is 18.6. The molecule has 112 valence electrons. The summed E-state index contributed by atoms with van der Waals surface area (Å²) in [5.41, 5.74) is -0.0267. The number of hydrogen-bond donors (Lipinski definition) is 1.